The van der Waals surface area contributed by atoms with Crippen molar-refractivity contribution >= 4 is 11.9 Å². The molecule has 0 aromatic carbocycles. The Kier molecular flexibility index (Phi) is 9.60. The molecule has 1 saturated heterocycles. The summed E-state index contributed by atoms with van der Waals surface area (Å²) in [6.45, 7) is 16.2. The average Bonchev–Trinajstić information content (AvgIpc) is 2.71. The molecule has 2 heterocycles. The molecule has 0 bridgehead atoms. The van der Waals surface area contributed by atoms with E-state index in [4.69, 9.17) is 9.73 Å². The molecule has 0 amide bonds. The quantitative estimate of drug-likeness (QED) is 0.367. The fourth-order valence-corrected chi connectivity index (χ4v) is 3.35. The van der Waals surface area contributed by atoms with E-state index in [1.165, 1.54) is 0 Å². The van der Waals surface area contributed by atoms with Crippen LogP contribution in [0.2, 0.25) is 0 Å². The Bertz CT molecular complexity index is 595. The van der Waals surface area contributed by atoms with Gasteiger partial charge < -0.3 is 20.3 Å². The van der Waals surface area contributed by atoms with E-state index in [-0.39, 0.29) is 11.5 Å². The van der Waals surface area contributed by atoms with E-state index in [0.29, 0.717) is 6.54 Å². The van der Waals surface area contributed by atoms with Crippen molar-refractivity contribution in [2.24, 2.45) is 10.4 Å². The minimum absolute atomic E-state index is 0.0719. The van der Waals surface area contributed by atoms with Crippen LogP contribution in [0.5, 0.6) is 0 Å². The SMILES string of the molecule is CCNC(=NCC(OC)C(C)(C)C)NCCCN1CCN(c2ncccn2)CC1. The van der Waals surface area contributed by atoms with Gasteiger partial charge in [-0.1, -0.05) is 20.8 Å². The highest BCUT2D eigenvalue weighted by atomic mass is 16.5. The van der Waals surface area contributed by atoms with E-state index >= 15 is 0 Å². The standard InChI is InChI=1S/C21H39N7O/c1-6-22-19(26-17-18(29-5)21(2,3)4)23-11-8-12-27-13-15-28(16-14-27)20-24-9-7-10-25-20/h7,9-10,18H,6,8,11-17H2,1-5H3,(H2,22,23,26). The van der Waals surface area contributed by atoms with Gasteiger partial charge in [-0.05, 0) is 31.4 Å². The third-order valence-corrected chi connectivity index (χ3v) is 5.16. The van der Waals surface area contributed by atoms with Crippen LogP contribution in [0.1, 0.15) is 34.1 Å². The molecule has 1 aromatic heterocycles. The second-order valence-electron chi connectivity index (χ2n) is 8.47. The fraction of sp³-hybridized carbons (Fsp3) is 0.762. The number of hydrogen-bond acceptors (Lipinski definition) is 6. The zero-order valence-electron chi connectivity index (χ0n) is 18.8. The summed E-state index contributed by atoms with van der Waals surface area (Å²) in [5.74, 6) is 1.70. The third-order valence-electron chi connectivity index (χ3n) is 5.16. The maximum Gasteiger partial charge on any atom is 0.225 e. The van der Waals surface area contributed by atoms with Crippen molar-refractivity contribution in [3.8, 4) is 0 Å². The Morgan fingerprint density at radius 1 is 1.17 bits per heavy atom. The van der Waals surface area contributed by atoms with Gasteiger partial charge in [-0.2, -0.15) is 0 Å². The summed E-state index contributed by atoms with van der Waals surface area (Å²) in [5, 5.41) is 6.78. The number of piperazine rings is 1. The van der Waals surface area contributed by atoms with Crippen LogP contribution in [0.25, 0.3) is 0 Å². The molecular weight excluding hydrogens is 366 g/mol. The first-order valence-electron chi connectivity index (χ1n) is 10.7. The van der Waals surface area contributed by atoms with Crippen molar-refractivity contribution in [2.75, 3.05) is 64.4 Å². The molecule has 2 N–H and O–H groups in total. The number of anilines is 1. The molecule has 0 aliphatic carbocycles. The lowest BCUT2D eigenvalue weighted by atomic mass is 9.89. The number of methoxy groups -OCH3 is 1. The number of ether oxygens (including phenoxy) is 1. The molecule has 8 nitrogen and oxygen atoms in total. The summed E-state index contributed by atoms with van der Waals surface area (Å²) in [7, 11) is 1.76. The van der Waals surface area contributed by atoms with Crippen molar-refractivity contribution in [3.05, 3.63) is 18.5 Å². The van der Waals surface area contributed by atoms with Crippen molar-refractivity contribution in [1.82, 2.24) is 25.5 Å². The van der Waals surface area contributed by atoms with Gasteiger partial charge in [-0.15, -0.1) is 0 Å². The van der Waals surface area contributed by atoms with Gasteiger partial charge in [-0.25, -0.2) is 9.97 Å². The summed E-state index contributed by atoms with van der Waals surface area (Å²) < 4.78 is 5.61. The molecule has 1 atom stereocenters. The molecule has 0 saturated carbocycles. The van der Waals surface area contributed by atoms with Crippen molar-refractivity contribution in [1.29, 1.82) is 0 Å². The van der Waals surface area contributed by atoms with Gasteiger partial charge in [0.2, 0.25) is 5.95 Å². The minimum atomic E-state index is 0.0719. The first-order chi connectivity index (χ1) is 13.9. The number of rotatable bonds is 9. The van der Waals surface area contributed by atoms with Gasteiger partial charge >= 0.3 is 0 Å². The molecule has 0 radical (unpaired) electrons. The zero-order valence-corrected chi connectivity index (χ0v) is 18.8. The Balaban J connectivity index is 1.69. The second kappa shape index (κ2) is 11.9. The molecule has 2 rings (SSSR count). The average molecular weight is 406 g/mol. The summed E-state index contributed by atoms with van der Waals surface area (Å²) in [4.78, 5) is 18.2. The lowest BCUT2D eigenvalue weighted by molar-refractivity contribution is 0.0241. The maximum absolute atomic E-state index is 5.61. The fourth-order valence-electron chi connectivity index (χ4n) is 3.35. The van der Waals surface area contributed by atoms with Gasteiger partial charge in [-0.3, -0.25) is 9.89 Å². The van der Waals surface area contributed by atoms with Crippen molar-refractivity contribution in [3.63, 3.8) is 0 Å². The van der Waals surface area contributed by atoms with Gasteiger partial charge in [0, 0.05) is 58.8 Å². The van der Waals surface area contributed by atoms with E-state index in [9.17, 15) is 0 Å². The normalized spacial score (nSPS) is 17.3. The topological polar surface area (TPSA) is 77.9 Å². The summed E-state index contributed by atoms with van der Waals surface area (Å²) in [5.41, 5.74) is 0.0719. The molecule has 164 valence electrons. The Morgan fingerprint density at radius 3 is 2.45 bits per heavy atom. The van der Waals surface area contributed by atoms with E-state index in [2.05, 4.69) is 58.1 Å². The lowest BCUT2D eigenvalue weighted by Gasteiger charge is -2.34. The molecule has 0 spiro atoms. The van der Waals surface area contributed by atoms with E-state index in [0.717, 1.165) is 64.1 Å². The number of hydrogen-bond donors (Lipinski definition) is 2. The molecule has 8 heteroatoms. The van der Waals surface area contributed by atoms with Crippen LogP contribution in [0.3, 0.4) is 0 Å². The van der Waals surface area contributed by atoms with Crippen LogP contribution in [0.4, 0.5) is 5.95 Å². The highest BCUT2D eigenvalue weighted by molar-refractivity contribution is 5.79. The molecule has 1 unspecified atom stereocenters. The second-order valence-corrected chi connectivity index (χ2v) is 8.47. The van der Waals surface area contributed by atoms with Crippen molar-refractivity contribution < 1.29 is 4.74 Å². The Morgan fingerprint density at radius 2 is 1.86 bits per heavy atom. The molecule has 29 heavy (non-hydrogen) atoms. The predicted molar refractivity (Wildman–Crippen MR) is 120 cm³/mol. The minimum Gasteiger partial charge on any atom is -0.379 e. The molecular formula is C21H39N7O. The zero-order chi connectivity index (χ0) is 21.1. The summed E-state index contributed by atoms with van der Waals surface area (Å²) in [6, 6.07) is 1.86. The highest BCUT2D eigenvalue weighted by Gasteiger charge is 2.24. The number of aliphatic imine (C=N–C) groups is 1. The van der Waals surface area contributed by atoms with E-state index in [1.807, 2.05) is 6.07 Å². The van der Waals surface area contributed by atoms with Gasteiger partial charge in [0.1, 0.15) is 0 Å². The largest absolute Gasteiger partial charge is 0.379 e. The number of nitrogens with one attached hydrogen (secondary N) is 2. The third kappa shape index (κ3) is 8.14. The first-order valence-corrected chi connectivity index (χ1v) is 10.7. The maximum atomic E-state index is 5.61. The lowest BCUT2D eigenvalue weighted by Crippen LogP contribution is -2.47. The number of aromatic nitrogens is 2. The van der Waals surface area contributed by atoms with Gasteiger partial charge in [0.25, 0.3) is 0 Å². The first kappa shape index (κ1) is 23.3. The predicted octanol–water partition coefficient (Wildman–Crippen LogP) is 1.60. The highest BCUT2D eigenvalue weighted by Crippen LogP contribution is 2.21. The molecule has 1 aliphatic heterocycles. The summed E-state index contributed by atoms with van der Waals surface area (Å²) >= 11 is 0. The number of guanidine groups is 1. The van der Waals surface area contributed by atoms with E-state index in [1.54, 1.807) is 19.5 Å². The van der Waals surface area contributed by atoms with Gasteiger partial charge in [0.05, 0.1) is 12.6 Å². The Labute approximate surface area is 176 Å². The van der Waals surface area contributed by atoms with Crippen LogP contribution in [0.15, 0.2) is 23.5 Å². The molecule has 1 fully saturated rings. The van der Waals surface area contributed by atoms with E-state index < -0.39 is 0 Å². The van der Waals surface area contributed by atoms with Crippen molar-refractivity contribution in [2.45, 2.75) is 40.2 Å². The van der Waals surface area contributed by atoms with Crippen LogP contribution >= 0.6 is 0 Å². The van der Waals surface area contributed by atoms with Crippen LogP contribution in [-0.2, 0) is 4.74 Å². The van der Waals surface area contributed by atoms with Crippen LogP contribution < -0.4 is 15.5 Å². The van der Waals surface area contributed by atoms with Crippen LogP contribution in [-0.4, -0.2) is 86.4 Å². The molecule has 1 aliphatic rings. The monoisotopic (exact) mass is 405 g/mol. The number of nitrogens with zero attached hydrogens (tertiary/aromatic N) is 5. The molecule has 1 aromatic rings. The van der Waals surface area contributed by atoms with Crippen LogP contribution in [0, 0.1) is 5.41 Å². The van der Waals surface area contributed by atoms with Gasteiger partial charge in [0.15, 0.2) is 5.96 Å². The smallest absolute Gasteiger partial charge is 0.225 e. The summed E-state index contributed by atoms with van der Waals surface area (Å²) in [6.07, 6.45) is 4.79. The Hall–Kier alpha value is -1.93.